The summed E-state index contributed by atoms with van der Waals surface area (Å²) in [5.41, 5.74) is 0.326. The Morgan fingerprint density at radius 3 is 2.54 bits per heavy atom. The molecular weight excluding hydrogens is 393 g/mol. The minimum Gasteiger partial charge on any atom is -0.455 e. The number of imidazole rings is 1. The van der Waals surface area contributed by atoms with Gasteiger partial charge in [0.2, 0.25) is 0 Å². The van der Waals surface area contributed by atoms with Crippen LogP contribution in [0.15, 0.2) is 18.2 Å². The highest BCUT2D eigenvalue weighted by atomic mass is 35.5. The summed E-state index contributed by atoms with van der Waals surface area (Å²) >= 11 is 17.5. The summed E-state index contributed by atoms with van der Waals surface area (Å²) in [4.78, 5) is 15.3. The molecule has 0 amide bonds. The Morgan fingerprint density at radius 1 is 1.38 bits per heavy atom. The van der Waals surface area contributed by atoms with E-state index in [1.807, 2.05) is 13.0 Å². The van der Waals surface area contributed by atoms with Crippen molar-refractivity contribution in [2.45, 2.75) is 45.8 Å². The second-order valence-electron chi connectivity index (χ2n) is 6.74. The van der Waals surface area contributed by atoms with Crippen LogP contribution >= 0.6 is 35.4 Å². The Hall–Kier alpha value is -1.81. The number of esters is 1. The fourth-order valence-electron chi connectivity index (χ4n) is 2.62. The standard InChI is InChI=1S/C18H19Cl2N3O2S/c1-5-13(10-6-7-11(19)12(20)8-10)23-14(9-21)15(22-17(23)26)16(24)25-18(2,3)4/h6-8,13H,5H2,1-4H3,(H,22,26). The molecule has 0 aliphatic heterocycles. The number of aromatic amines is 1. The number of nitrogens with one attached hydrogen (secondary N) is 1. The predicted octanol–water partition coefficient (Wildman–Crippen LogP) is 5.68. The third-order valence-electron chi connectivity index (χ3n) is 3.66. The smallest absolute Gasteiger partial charge is 0.358 e. The number of aromatic nitrogens is 2. The number of hydrogen-bond acceptors (Lipinski definition) is 4. The van der Waals surface area contributed by atoms with Crippen LogP contribution in [0.1, 0.15) is 61.9 Å². The number of carbonyl (C=O) groups excluding carboxylic acids is 1. The number of rotatable bonds is 4. The molecule has 0 aliphatic rings. The highest BCUT2D eigenvalue weighted by Crippen LogP contribution is 2.31. The number of nitriles is 1. The summed E-state index contributed by atoms with van der Waals surface area (Å²) in [5.74, 6) is -0.622. The van der Waals surface area contributed by atoms with Crippen molar-refractivity contribution in [3.8, 4) is 6.07 Å². The van der Waals surface area contributed by atoms with E-state index in [1.165, 1.54) is 0 Å². The van der Waals surface area contributed by atoms with Crippen LogP contribution in [0, 0.1) is 16.1 Å². The van der Waals surface area contributed by atoms with Gasteiger partial charge in [-0.25, -0.2) is 4.79 Å². The monoisotopic (exact) mass is 411 g/mol. The average Bonchev–Trinajstić information content (AvgIpc) is 2.87. The summed E-state index contributed by atoms with van der Waals surface area (Å²) in [6.07, 6.45) is 0.632. The van der Waals surface area contributed by atoms with Crippen LogP contribution < -0.4 is 0 Å². The molecule has 2 aromatic rings. The van der Waals surface area contributed by atoms with E-state index in [9.17, 15) is 10.1 Å². The third-order valence-corrected chi connectivity index (χ3v) is 4.70. The van der Waals surface area contributed by atoms with E-state index in [2.05, 4.69) is 11.1 Å². The minimum absolute atomic E-state index is 0.0472. The molecule has 138 valence electrons. The molecule has 5 nitrogen and oxygen atoms in total. The second kappa shape index (κ2) is 7.83. The quantitative estimate of drug-likeness (QED) is 0.518. The SMILES string of the molecule is CCC(c1ccc(Cl)c(Cl)c1)n1c(C#N)c(C(=O)OC(C)(C)C)[nH]c1=S. The van der Waals surface area contributed by atoms with Crippen molar-refractivity contribution in [2.24, 2.45) is 0 Å². The lowest BCUT2D eigenvalue weighted by Gasteiger charge is -2.20. The fraction of sp³-hybridized carbons (Fsp3) is 0.389. The summed E-state index contributed by atoms with van der Waals surface area (Å²) in [6, 6.07) is 7.04. The van der Waals surface area contributed by atoms with Gasteiger partial charge in [-0.2, -0.15) is 5.26 Å². The first-order valence-corrected chi connectivity index (χ1v) is 9.18. The topological polar surface area (TPSA) is 70.8 Å². The van der Waals surface area contributed by atoms with E-state index in [-0.39, 0.29) is 22.2 Å². The van der Waals surface area contributed by atoms with Crippen LogP contribution in [-0.2, 0) is 4.74 Å². The summed E-state index contributed by atoms with van der Waals surface area (Å²) in [5, 5.41) is 10.5. The Morgan fingerprint density at radius 2 is 2.04 bits per heavy atom. The van der Waals surface area contributed by atoms with Crippen LogP contribution in [-0.4, -0.2) is 21.1 Å². The van der Waals surface area contributed by atoms with Crippen molar-refractivity contribution in [2.75, 3.05) is 0 Å². The van der Waals surface area contributed by atoms with E-state index >= 15 is 0 Å². The molecule has 0 aliphatic carbocycles. The number of halogens is 2. The molecule has 1 N–H and O–H groups in total. The van der Waals surface area contributed by atoms with Crippen molar-refractivity contribution < 1.29 is 9.53 Å². The van der Waals surface area contributed by atoms with Gasteiger partial charge in [0.25, 0.3) is 0 Å². The normalized spacial score (nSPS) is 12.5. The zero-order valence-electron chi connectivity index (χ0n) is 14.9. The van der Waals surface area contributed by atoms with E-state index in [0.29, 0.717) is 16.5 Å². The molecule has 0 saturated heterocycles. The van der Waals surface area contributed by atoms with Crippen molar-refractivity contribution in [1.29, 1.82) is 5.26 Å². The van der Waals surface area contributed by atoms with E-state index in [1.54, 1.807) is 37.5 Å². The van der Waals surface area contributed by atoms with Crippen molar-refractivity contribution in [3.05, 3.63) is 50.0 Å². The zero-order valence-corrected chi connectivity index (χ0v) is 17.2. The molecule has 1 aromatic carbocycles. The Bertz CT molecular complexity index is 935. The maximum absolute atomic E-state index is 12.4. The predicted molar refractivity (Wildman–Crippen MR) is 104 cm³/mol. The maximum Gasteiger partial charge on any atom is 0.358 e. The van der Waals surface area contributed by atoms with Gasteiger partial charge in [0.15, 0.2) is 16.2 Å². The van der Waals surface area contributed by atoms with Gasteiger partial charge in [-0.3, -0.25) is 0 Å². The maximum atomic E-state index is 12.4. The summed E-state index contributed by atoms with van der Waals surface area (Å²) < 4.78 is 7.25. The Kier molecular flexibility index (Phi) is 6.17. The molecule has 0 radical (unpaired) electrons. The van der Waals surface area contributed by atoms with Crippen LogP contribution in [0.3, 0.4) is 0 Å². The molecule has 8 heteroatoms. The second-order valence-corrected chi connectivity index (χ2v) is 7.94. The molecule has 1 unspecified atom stereocenters. The first kappa shape index (κ1) is 20.5. The molecule has 1 heterocycles. The first-order chi connectivity index (χ1) is 12.1. The lowest BCUT2D eigenvalue weighted by molar-refractivity contribution is 0.00628. The average molecular weight is 412 g/mol. The third kappa shape index (κ3) is 4.29. The van der Waals surface area contributed by atoms with Gasteiger partial charge in [0, 0.05) is 0 Å². The van der Waals surface area contributed by atoms with E-state index < -0.39 is 11.6 Å². The van der Waals surface area contributed by atoms with Gasteiger partial charge in [0.1, 0.15) is 11.7 Å². The van der Waals surface area contributed by atoms with Gasteiger partial charge in [-0.1, -0.05) is 36.2 Å². The molecule has 0 fully saturated rings. The van der Waals surface area contributed by atoms with Gasteiger partial charge in [-0.15, -0.1) is 0 Å². The molecule has 0 bridgehead atoms. The summed E-state index contributed by atoms with van der Waals surface area (Å²) in [7, 11) is 0. The fourth-order valence-corrected chi connectivity index (χ4v) is 3.25. The van der Waals surface area contributed by atoms with Crippen LogP contribution in [0.4, 0.5) is 0 Å². The molecular formula is C18H19Cl2N3O2S. The van der Waals surface area contributed by atoms with E-state index in [4.69, 9.17) is 40.2 Å². The molecule has 1 aromatic heterocycles. The Labute approximate surface area is 167 Å². The van der Waals surface area contributed by atoms with Crippen molar-refractivity contribution >= 4 is 41.4 Å². The van der Waals surface area contributed by atoms with Crippen molar-refractivity contribution in [3.63, 3.8) is 0 Å². The van der Waals surface area contributed by atoms with Crippen LogP contribution in [0.2, 0.25) is 10.0 Å². The highest BCUT2D eigenvalue weighted by Gasteiger charge is 2.27. The van der Waals surface area contributed by atoms with E-state index in [0.717, 1.165) is 5.56 Å². The molecule has 0 spiro atoms. The van der Waals surface area contributed by atoms with Gasteiger partial charge in [0.05, 0.1) is 16.1 Å². The van der Waals surface area contributed by atoms with Crippen molar-refractivity contribution in [1.82, 2.24) is 9.55 Å². The summed E-state index contributed by atoms with van der Waals surface area (Å²) in [6.45, 7) is 7.23. The van der Waals surface area contributed by atoms with Crippen LogP contribution in [0.25, 0.3) is 0 Å². The molecule has 2 rings (SSSR count). The largest absolute Gasteiger partial charge is 0.455 e. The number of ether oxygens (including phenoxy) is 1. The van der Waals surface area contributed by atoms with Gasteiger partial charge < -0.3 is 14.3 Å². The lowest BCUT2D eigenvalue weighted by Crippen LogP contribution is -2.25. The van der Waals surface area contributed by atoms with Crippen LogP contribution in [0.5, 0.6) is 0 Å². The van der Waals surface area contributed by atoms with Gasteiger partial charge >= 0.3 is 5.97 Å². The Balaban J connectivity index is 2.58. The number of hydrogen-bond donors (Lipinski definition) is 1. The zero-order chi connectivity index (χ0) is 19.6. The minimum atomic E-state index is -0.685. The molecule has 0 saturated carbocycles. The number of carbonyl (C=O) groups is 1. The number of H-pyrrole nitrogens is 1. The van der Waals surface area contributed by atoms with Gasteiger partial charge in [-0.05, 0) is 57.1 Å². The molecule has 26 heavy (non-hydrogen) atoms. The lowest BCUT2D eigenvalue weighted by atomic mass is 10.0. The first-order valence-electron chi connectivity index (χ1n) is 8.02. The number of nitrogens with zero attached hydrogens (tertiary/aromatic N) is 2. The number of benzene rings is 1. The highest BCUT2D eigenvalue weighted by molar-refractivity contribution is 7.71. The molecule has 1 atom stereocenters.